The first kappa shape index (κ1) is 19.0. The van der Waals surface area contributed by atoms with Gasteiger partial charge in [0, 0.05) is 13.0 Å². The Kier molecular flexibility index (Phi) is 8.10. The SMILES string of the molecule is CC(Br)C(=O)OC(CCNC(=O)OCc1ccccc1)C(=O)O. The molecule has 0 saturated heterocycles. The number of aliphatic carboxylic acids is 1. The first-order valence-electron chi connectivity index (χ1n) is 6.92. The Labute approximate surface area is 142 Å². The van der Waals surface area contributed by atoms with E-state index in [1.807, 2.05) is 30.3 Å². The number of alkyl carbamates (subject to hydrolysis) is 1. The van der Waals surface area contributed by atoms with Gasteiger partial charge in [-0.25, -0.2) is 9.59 Å². The molecule has 1 aromatic rings. The molecule has 0 bridgehead atoms. The number of halogens is 1. The fourth-order valence-corrected chi connectivity index (χ4v) is 1.65. The molecule has 1 aromatic carbocycles. The molecule has 0 spiro atoms. The predicted molar refractivity (Wildman–Crippen MR) is 85.2 cm³/mol. The summed E-state index contributed by atoms with van der Waals surface area (Å²) < 4.78 is 9.78. The van der Waals surface area contributed by atoms with Gasteiger partial charge in [0.1, 0.15) is 11.4 Å². The summed E-state index contributed by atoms with van der Waals surface area (Å²) in [6.07, 6.45) is -2.04. The third kappa shape index (κ3) is 7.64. The van der Waals surface area contributed by atoms with E-state index in [2.05, 4.69) is 21.2 Å². The van der Waals surface area contributed by atoms with Crippen molar-refractivity contribution in [3.05, 3.63) is 35.9 Å². The second-order valence-electron chi connectivity index (χ2n) is 4.66. The Balaban J connectivity index is 2.31. The zero-order chi connectivity index (χ0) is 17.2. The lowest BCUT2D eigenvalue weighted by Gasteiger charge is -2.15. The van der Waals surface area contributed by atoms with Gasteiger partial charge >= 0.3 is 18.0 Å². The standard InChI is InChI=1S/C15H18BrNO6/c1-10(16)14(20)23-12(13(18)19)7-8-17-15(21)22-9-11-5-3-2-4-6-11/h2-6,10,12H,7-9H2,1H3,(H,17,21)(H,18,19). The maximum Gasteiger partial charge on any atom is 0.407 e. The van der Waals surface area contributed by atoms with Crippen LogP contribution in [0.5, 0.6) is 0 Å². The molecular formula is C15H18BrNO6. The van der Waals surface area contributed by atoms with Crippen molar-refractivity contribution in [2.24, 2.45) is 0 Å². The van der Waals surface area contributed by atoms with Crippen molar-refractivity contribution >= 4 is 34.0 Å². The maximum absolute atomic E-state index is 11.5. The van der Waals surface area contributed by atoms with Crippen LogP contribution in [-0.2, 0) is 25.7 Å². The largest absolute Gasteiger partial charge is 0.479 e. The number of benzene rings is 1. The van der Waals surface area contributed by atoms with E-state index in [0.717, 1.165) is 5.56 Å². The van der Waals surface area contributed by atoms with Crippen molar-refractivity contribution in [2.45, 2.75) is 30.9 Å². The smallest absolute Gasteiger partial charge is 0.407 e. The number of carboxylic acid groups (broad SMARTS) is 1. The van der Waals surface area contributed by atoms with Gasteiger partial charge in [0.25, 0.3) is 0 Å². The summed E-state index contributed by atoms with van der Waals surface area (Å²) in [5.74, 6) is -1.95. The number of esters is 1. The molecule has 2 N–H and O–H groups in total. The number of carbonyl (C=O) groups excluding carboxylic acids is 2. The van der Waals surface area contributed by atoms with E-state index >= 15 is 0 Å². The van der Waals surface area contributed by atoms with Gasteiger partial charge in [-0.1, -0.05) is 46.3 Å². The summed E-state index contributed by atoms with van der Waals surface area (Å²) in [7, 11) is 0. The van der Waals surface area contributed by atoms with Gasteiger partial charge in [0.2, 0.25) is 0 Å². The fourth-order valence-electron chi connectivity index (χ4n) is 1.55. The molecule has 0 aromatic heterocycles. The number of amides is 1. The Morgan fingerprint density at radius 1 is 1.26 bits per heavy atom. The van der Waals surface area contributed by atoms with Gasteiger partial charge in [-0.2, -0.15) is 0 Å². The summed E-state index contributed by atoms with van der Waals surface area (Å²) in [5.41, 5.74) is 0.839. The molecule has 0 aliphatic carbocycles. The first-order valence-corrected chi connectivity index (χ1v) is 7.83. The topological polar surface area (TPSA) is 102 Å². The van der Waals surface area contributed by atoms with Crippen LogP contribution in [0.25, 0.3) is 0 Å². The first-order chi connectivity index (χ1) is 10.9. The van der Waals surface area contributed by atoms with Gasteiger partial charge in [0.05, 0.1) is 0 Å². The summed E-state index contributed by atoms with van der Waals surface area (Å²) in [6, 6.07) is 9.13. The highest BCUT2D eigenvalue weighted by Crippen LogP contribution is 2.06. The highest BCUT2D eigenvalue weighted by Gasteiger charge is 2.24. The van der Waals surface area contributed by atoms with Crippen molar-refractivity contribution in [2.75, 3.05) is 6.54 Å². The van der Waals surface area contributed by atoms with Crippen LogP contribution < -0.4 is 5.32 Å². The fraction of sp³-hybridized carbons (Fsp3) is 0.400. The molecule has 0 radical (unpaired) electrons. The summed E-state index contributed by atoms with van der Waals surface area (Å²) >= 11 is 2.99. The van der Waals surface area contributed by atoms with Crippen LogP contribution >= 0.6 is 15.9 Å². The Morgan fingerprint density at radius 2 is 1.91 bits per heavy atom. The van der Waals surface area contributed by atoms with Crippen molar-refractivity contribution in [3.63, 3.8) is 0 Å². The van der Waals surface area contributed by atoms with Gasteiger partial charge in [0.15, 0.2) is 6.10 Å². The van der Waals surface area contributed by atoms with E-state index in [-0.39, 0.29) is 19.6 Å². The van der Waals surface area contributed by atoms with Crippen LogP contribution in [0.1, 0.15) is 18.9 Å². The van der Waals surface area contributed by atoms with Gasteiger partial charge in [-0.15, -0.1) is 0 Å². The molecule has 126 valence electrons. The van der Waals surface area contributed by atoms with Crippen LogP contribution in [0.4, 0.5) is 4.79 Å². The zero-order valence-corrected chi connectivity index (χ0v) is 14.1. The van der Waals surface area contributed by atoms with E-state index in [1.54, 1.807) is 0 Å². The minimum Gasteiger partial charge on any atom is -0.479 e. The van der Waals surface area contributed by atoms with Crippen molar-refractivity contribution < 1.29 is 29.0 Å². The summed E-state index contributed by atoms with van der Waals surface area (Å²) in [5, 5.41) is 11.4. The zero-order valence-electron chi connectivity index (χ0n) is 12.5. The van der Waals surface area contributed by atoms with Crippen LogP contribution in [0.15, 0.2) is 30.3 Å². The summed E-state index contributed by atoms with van der Waals surface area (Å²) in [4.78, 5) is 33.3. The van der Waals surface area contributed by atoms with Crippen molar-refractivity contribution in [1.29, 1.82) is 0 Å². The third-order valence-electron chi connectivity index (χ3n) is 2.75. The Bertz CT molecular complexity index is 534. The van der Waals surface area contributed by atoms with Crippen molar-refractivity contribution in [3.8, 4) is 0 Å². The Hall–Kier alpha value is -2.09. The minimum atomic E-state index is -1.32. The van der Waals surface area contributed by atoms with Gasteiger partial charge in [-0.3, -0.25) is 4.79 Å². The van der Waals surface area contributed by atoms with Crippen molar-refractivity contribution in [1.82, 2.24) is 5.32 Å². The molecule has 0 heterocycles. The van der Waals surface area contributed by atoms with Crippen LogP contribution in [-0.4, -0.2) is 40.6 Å². The van der Waals surface area contributed by atoms with Gasteiger partial charge < -0.3 is 19.9 Å². The average Bonchev–Trinajstić information content (AvgIpc) is 2.52. The second-order valence-corrected chi connectivity index (χ2v) is 6.03. The molecular weight excluding hydrogens is 370 g/mol. The maximum atomic E-state index is 11.5. The molecule has 0 saturated carbocycles. The quantitative estimate of drug-likeness (QED) is 0.522. The predicted octanol–water partition coefficient (Wildman–Crippen LogP) is 2.08. The molecule has 2 unspecified atom stereocenters. The van der Waals surface area contributed by atoms with Crippen LogP contribution in [0, 0.1) is 0 Å². The molecule has 2 atom stereocenters. The molecule has 0 aliphatic heterocycles. The molecule has 23 heavy (non-hydrogen) atoms. The number of nitrogens with one attached hydrogen (secondary N) is 1. The van der Waals surface area contributed by atoms with E-state index in [9.17, 15) is 14.4 Å². The molecule has 8 heteroatoms. The molecule has 0 aliphatic rings. The number of hydrogen-bond donors (Lipinski definition) is 2. The number of hydrogen-bond acceptors (Lipinski definition) is 5. The monoisotopic (exact) mass is 387 g/mol. The number of rotatable bonds is 8. The lowest BCUT2D eigenvalue weighted by molar-refractivity contribution is -0.163. The van der Waals surface area contributed by atoms with Crippen LogP contribution in [0.3, 0.4) is 0 Å². The number of carbonyl (C=O) groups is 3. The van der Waals surface area contributed by atoms with Crippen LogP contribution in [0.2, 0.25) is 0 Å². The molecule has 0 fully saturated rings. The lowest BCUT2D eigenvalue weighted by atomic mass is 10.2. The van der Waals surface area contributed by atoms with Gasteiger partial charge in [-0.05, 0) is 12.5 Å². The number of alkyl halides is 1. The molecule has 1 rings (SSSR count). The third-order valence-corrected chi connectivity index (χ3v) is 3.12. The average molecular weight is 388 g/mol. The summed E-state index contributed by atoms with van der Waals surface area (Å²) in [6.45, 7) is 1.65. The minimum absolute atomic E-state index is 0.00847. The van der Waals surface area contributed by atoms with E-state index in [4.69, 9.17) is 14.6 Å². The number of carboxylic acids is 1. The number of ether oxygens (including phenoxy) is 2. The highest BCUT2D eigenvalue weighted by atomic mass is 79.9. The highest BCUT2D eigenvalue weighted by molar-refractivity contribution is 9.10. The molecule has 1 amide bonds. The second kappa shape index (κ2) is 9.83. The van der Waals surface area contributed by atoms with E-state index in [1.165, 1.54) is 6.92 Å². The van der Waals surface area contributed by atoms with E-state index < -0.39 is 29.0 Å². The normalized spacial score (nSPS) is 12.8. The Morgan fingerprint density at radius 3 is 2.48 bits per heavy atom. The molecule has 7 nitrogen and oxygen atoms in total. The lowest BCUT2D eigenvalue weighted by Crippen LogP contribution is -2.34. The van der Waals surface area contributed by atoms with E-state index in [0.29, 0.717) is 0 Å².